The fourth-order valence-electron chi connectivity index (χ4n) is 3.77. The van der Waals surface area contributed by atoms with E-state index < -0.39 is 53.4 Å². The van der Waals surface area contributed by atoms with Gasteiger partial charge in [0.2, 0.25) is 11.8 Å². The molecule has 0 spiro atoms. The number of hydrogen-bond acceptors (Lipinski definition) is 10. The summed E-state index contributed by atoms with van der Waals surface area (Å²) < 4.78 is 74.1. The summed E-state index contributed by atoms with van der Waals surface area (Å²) >= 11 is 0. The Morgan fingerprint density at radius 2 is 1.87 bits per heavy atom. The summed E-state index contributed by atoms with van der Waals surface area (Å²) in [6, 6.07) is 0. The molecule has 0 saturated carbocycles. The highest BCUT2D eigenvalue weighted by molar-refractivity contribution is 5.92. The molecule has 4 aromatic rings. The summed E-state index contributed by atoms with van der Waals surface area (Å²) in [6.45, 7) is 5.03. The molecule has 0 bridgehead atoms. The van der Waals surface area contributed by atoms with Gasteiger partial charge >= 0.3 is 11.9 Å². The molecule has 208 valence electrons. The molecule has 0 aromatic carbocycles. The van der Waals surface area contributed by atoms with Gasteiger partial charge in [-0.15, -0.1) is 10.2 Å². The lowest BCUT2D eigenvalue weighted by Gasteiger charge is -2.20. The van der Waals surface area contributed by atoms with Gasteiger partial charge in [-0.25, -0.2) is 14.2 Å². The summed E-state index contributed by atoms with van der Waals surface area (Å²) in [6.07, 6.45) is -4.85. The molecular weight excluding hydrogens is 530 g/mol. The van der Waals surface area contributed by atoms with Gasteiger partial charge in [0.05, 0.1) is 24.3 Å². The second-order valence-corrected chi connectivity index (χ2v) is 8.31. The SMILES string of the molecule is CCn1c(CO)nn(-c2nc(O[C@@H](C)C(F)(F)F)c3c(Oc4c(C)cnc(OC)c4C)nncc3c2F)c1=O. The van der Waals surface area contributed by atoms with E-state index in [-0.39, 0.29) is 29.4 Å². The van der Waals surface area contributed by atoms with E-state index in [0.717, 1.165) is 17.7 Å². The maximum atomic E-state index is 15.9. The zero-order valence-corrected chi connectivity index (χ0v) is 21.4. The highest BCUT2D eigenvalue weighted by atomic mass is 19.4. The molecule has 0 aliphatic rings. The van der Waals surface area contributed by atoms with Crippen LogP contribution in [-0.2, 0) is 13.2 Å². The van der Waals surface area contributed by atoms with Gasteiger partial charge < -0.3 is 19.3 Å². The topological polar surface area (TPSA) is 139 Å². The van der Waals surface area contributed by atoms with E-state index in [4.69, 9.17) is 14.2 Å². The van der Waals surface area contributed by atoms with Gasteiger partial charge in [-0.05, 0) is 27.7 Å². The average molecular weight is 553 g/mol. The smallest absolute Gasteiger partial charge is 0.425 e. The first-order valence-corrected chi connectivity index (χ1v) is 11.5. The Labute approximate surface area is 217 Å². The van der Waals surface area contributed by atoms with Crippen molar-refractivity contribution in [1.29, 1.82) is 0 Å². The zero-order chi connectivity index (χ0) is 28.6. The summed E-state index contributed by atoms with van der Waals surface area (Å²) in [5.74, 6) is -2.80. The Bertz CT molecular complexity index is 1600. The van der Waals surface area contributed by atoms with Crippen molar-refractivity contribution in [3.8, 4) is 29.2 Å². The summed E-state index contributed by atoms with van der Waals surface area (Å²) in [5, 5.41) is 20.2. The predicted octanol–water partition coefficient (Wildman–Crippen LogP) is 3.17. The van der Waals surface area contributed by atoms with Gasteiger partial charge in [-0.1, -0.05) is 0 Å². The first-order valence-electron chi connectivity index (χ1n) is 11.5. The number of alkyl halides is 3. The van der Waals surface area contributed by atoms with Crippen molar-refractivity contribution in [2.24, 2.45) is 0 Å². The second kappa shape index (κ2) is 10.4. The minimum Gasteiger partial charge on any atom is -0.481 e. The number of ether oxygens (including phenoxy) is 3. The molecule has 4 rings (SSSR count). The van der Waals surface area contributed by atoms with E-state index in [1.807, 2.05) is 0 Å². The molecule has 39 heavy (non-hydrogen) atoms. The fourth-order valence-corrected chi connectivity index (χ4v) is 3.77. The van der Waals surface area contributed by atoms with Crippen molar-refractivity contribution in [2.45, 2.75) is 53.1 Å². The molecule has 1 N–H and O–H groups in total. The third-order valence-electron chi connectivity index (χ3n) is 5.81. The maximum absolute atomic E-state index is 15.9. The number of pyridine rings is 2. The number of hydrogen-bond donors (Lipinski definition) is 1. The van der Waals surface area contributed by atoms with Gasteiger partial charge in [0, 0.05) is 18.3 Å². The van der Waals surface area contributed by atoms with E-state index in [9.17, 15) is 23.1 Å². The van der Waals surface area contributed by atoms with E-state index in [0.29, 0.717) is 15.8 Å². The normalized spacial score (nSPS) is 12.6. The Morgan fingerprint density at radius 1 is 1.15 bits per heavy atom. The van der Waals surface area contributed by atoms with Crippen molar-refractivity contribution in [1.82, 2.24) is 34.5 Å². The number of aromatic nitrogens is 7. The minimum absolute atomic E-state index is 0.0793. The van der Waals surface area contributed by atoms with Crippen LogP contribution in [0.2, 0.25) is 0 Å². The number of fused-ring (bicyclic) bond motifs is 1. The van der Waals surface area contributed by atoms with Crippen LogP contribution in [0.3, 0.4) is 0 Å². The molecule has 0 unspecified atom stereocenters. The number of methoxy groups -OCH3 is 1. The number of aliphatic hydroxyl groups is 1. The molecule has 0 saturated heterocycles. The van der Waals surface area contributed by atoms with Gasteiger partial charge in [-0.3, -0.25) is 4.57 Å². The second-order valence-electron chi connectivity index (χ2n) is 8.31. The minimum atomic E-state index is -4.82. The highest BCUT2D eigenvalue weighted by Gasteiger charge is 2.39. The Kier molecular flexibility index (Phi) is 7.41. The molecule has 4 heterocycles. The van der Waals surface area contributed by atoms with Crippen molar-refractivity contribution >= 4 is 10.8 Å². The van der Waals surface area contributed by atoms with Crippen molar-refractivity contribution in [3.63, 3.8) is 0 Å². The first-order chi connectivity index (χ1) is 18.4. The zero-order valence-electron chi connectivity index (χ0n) is 21.4. The van der Waals surface area contributed by atoms with E-state index in [1.54, 1.807) is 20.8 Å². The maximum Gasteiger partial charge on any atom is 0.425 e. The van der Waals surface area contributed by atoms with Gasteiger partial charge in [0.1, 0.15) is 17.7 Å². The molecule has 12 nitrogen and oxygen atoms in total. The first kappa shape index (κ1) is 27.7. The van der Waals surface area contributed by atoms with Crippen LogP contribution in [0, 0.1) is 19.7 Å². The van der Waals surface area contributed by atoms with Crippen LogP contribution in [0.5, 0.6) is 23.4 Å². The Hall–Kier alpha value is -4.34. The lowest BCUT2D eigenvalue weighted by atomic mass is 10.2. The van der Waals surface area contributed by atoms with Crippen LogP contribution in [-0.4, -0.2) is 59.0 Å². The molecular formula is C23H23F4N7O5. The summed E-state index contributed by atoms with van der Waals surface area (Å²) in [4.78, 5) is 20.9. The monoisotopic (exact) mass is 553 g/mol. The van der Waals surface area contributed by atoms with Crippen molar-refractivity contribution in [3.05, 3.63) is 45.6 Å². The van der Waals surface area contributed by atoms with Crippen molar-refractivity contribution in [2.75, 3.05) is 7.11 Å². The van der Waals surface area contributed by atoms with Crippen LogP contribution < -0.4 is 19.9 Å². The number of aryl methyl sites for hydroxylation is 1. The summed E-state index contributed by atoms with van der Waals surface area (Å²) in [5.41, 5.74) is 0.0629. The quantitative estimate of drug-likeness (QED) is 0.324. The van der Waals surface area contributed by atoms with E-state index in [1.165, 1.54) is 13.3 Å². The summed E-state index contributed by atoms with van der Waals surface area (Å²) in [7, 11) is 1.39. The van der Waals surface area contributed by atoms with Crippen molar-refractivity contribution < 1.29 is 36.9 Å². The lowest BCUT2D eigenvalue weighted by molar-refractivity contribution is -0.189. The van der Waals surface area contributed by atoms with Gasteiger partial charge in [0.15, 0.2) is 23.6 Å². The van der Waals surface area contributed by atoms with Gasteiger partial charge in [-0.2, -0.15) is 27.9 Å². The molecule has 4 aromatic heterocycles. The third-order valence-corrected chi connectivity index (χ3v) is 5.81. The van der Waals surface area contributed by atoms with E-state index in [2.05, 4.69) is 25.3 Å². The van der Waals surface area contributed by atoms with Crippen LogP contribution in [0.25, 0.3) is 16.6 Å². The van der Waals surface area contributed by atoms with E-state index >= 15 is 4.39 Å². The standard InChI is InChI=1S/C23H23F4N7O5/c1-6-33-14(9-35)32-34(22(33)36)18-16(24)13-8-29-31-21(15(13)20(30-18)38-12(4)23(25,26)27)39-17-10(2)7-28-19(37-5)11(17)3/h7-8,12,35H,6,9H2,1-5H3/t12-/m0/s1. The molecule has 16 heteroatoms. The molecule has 0 aliphatic carbocycles. The molecule has 0 fully saturated rings. The Balaban J connectivity index is 2.01. The molecule has 0 aliphatic heterocycles. The lowest BCUT2D eigenvalue weighted by Crippen LogP contribution is -2.32. The number of rotatable bonds is 8. The average Bonchev–Trinajstić information content (AvgIpc) is 3.22. The van der Waals surface area contributed by atoms with Crippen LogP contribution in [0.1, 0.15) is 30.8 Å². The molecule has 1 atom stereocenters. The number of halogens is 4. The van der Waals surface area contributed by atoms with Crippen LogP contribution in [0.15, 0.2) is 17.2 Å². The Morgan fingerprint density at radius 3 is 2.46 bits per heavy atom. The fraction of sp³-hybridized carbons (Fsp3) is 0.391. The largest absolute Gasteiger partial charge is 0.481 e. The van der Waals surface area contributed by atoms with Crippen LogP contribution in [0.4, 0.5) is 17.6 Å². The van der Waals surface area contributed by atoms with Crippen LogP contribution >= 0.6 is 0 Å². The number of aliphatic hydroxyl groups excluding tert-OH is 1. The third kappa shape index (κ3) is 4.94. The highest BCUT2D eigenvalue weighted by Crippen LogP contribution is 2.40. The predicted molar refractivity (Wildman–Crippen MR) is 127 cm³/mol. The molecule has 0 amide bonds. The van der Waals surface area contributed by atoms with Gasteiger partial charge in [0.25, 0.3) is 5.88 Å². The number of nitrogens with zero attached hydrogens (tertiary/aromatic N) is 7. The molecule has 0 radical (unpaired) electrons.